The van der Waals surface area contributed by atoms with E-state index >= 15 is 0 Å². The predicted molar refractivity (Wildman–Crippen MR) is 48.5 cm³/mol. The molecule has 0 bridgehead atoms. The van der Waals surface area contributed by atoms with Gasteiger partial charge in [-0.2, -0.15) is 0 Å². The van der Waals surface area contributed by atoms with Crippen molar-refractivity contribution in [3.05, 3.63) is 22.4 Å². The molecule has 1 aromatic rings. The minimum atomic E-state index is 0.581. The Morgan fingerprint density at radius 2 is 2.45 bits per heavy atom. The normalized spacial score (nSPS) is 24.3. The number of hydrogen-bond acceptors (Lipinski definition) is 1. The van der Waals surface area contributed by atoms with E-state index in [1.54, 1.807) is 0 Å². The first-order valence-corrected chi connectivity index (χ1v) is 4.73. The zero-order valence-corrected chi connectivity index (χ0v) is 7.82. The van der Waals surface area contributed by atoms with Crippen molar-refractivity contribution in [1.82, 2.24) is 10.3 Å². The van der Waals surface area contributed by atoms with E-state index in [0.29, 0.717) is 6.04 Å². The van der Waals surface area contributed by atoms with E-state index in [9.17, 15) is 0 Å². The van der Waals surface area contributed by atoms with Crippen molar-refractivity contribution < 1.29 is 0 Å². The van der Waals surface area contributed by atoms with Crippen molar-refractivity contribution in [1.29, 1.82) is 0 Å². The fraction of sp³-hybridized carbons (Fsp3) is 0.500. The van der Waals surface area contributed by atoms with Crippen molar-refractivity contribution in [3.63, 3.8) is 0 Å². The molecule has 1 saturated heterocycles. The zero-order valence-electron chi connectivity index (χ0n) is 6.23. The van der Waals surface area contributed by atoms with Gasteiger partial charge in [-0.15, -0.1) is 0 Å². The molecule has 0 aliphatic carbocycles. The number of aromatic nitrogens is 1. The second-order valence-corrected chi connectivity index (χ2v) is 3.78. The first-order valence-electron chi connectivity index (χ1n) is 3.93. The minimum Gasteiger partial charge on any atom is -0.356 e. The lowest BCUT2D eigenvalue weighted by atomic mass is 10.1. The summed E-state index contributed by atoms with van der Waals surface area (Å²) in [5.74, 6) is 0. The Bertz CT molecular complexity index is 238. The Morgan fingerprint density at radius 1 is 1.55 bits per heavy atom. The number of halogens is 1. The van der Waals surface area contributed by atoms with Crippen LogP contribution < -0.4 is 5.32 Å². The van der Waals surface area contributed by atoms with Gasteiger partial charge in [0.2, 0.25) is 0 Å². The maximum absolute atomic E-state index is 3.45. The second-order valence-electron chi connectivity index (χ2n) is 2.93. The molecule has 60 valence electrons. The highest BCUT2D eigenvalue weighted by Crippen LogP contribution is 2.24. The highest BCUT2D eigenvalue weighted by molar-refractivity contribution is 9.10. The molecule has 3 heteroatoms. The number of rotatable bonds is 1. The topological polar surface area (TPSA) is 27.8 Å². The molecule has 0 spiro atoms. The van der Waals surface area contributed by atoms with E-state index in [0.717, 1.165) is 11.1 Å². The van der Waals surface area contributed by atoms with E-state index in [4.69, 9.17) is 0 Å². The summed E-state index contributed by atoms with van der Waals surface area (Å²) >= 11 is 3.40. The fourth-order valence-corrected chi connectivity index (χ4v) is 1.93. The molecule has 0 amide bonds. The van der Waals surface area contributed by atoms with Gasteiger partial charge < -0.3 is 10.3 Å². The van der Waals surface area contributed by atoms with Gasteiger partial charge >= 0.3 is 0 Å². The Labute approximate surface area is 74.5 Å². The van der Waals surface area contributed by atoms with Crippen molar-refractivity contribution in [2.24, 2.45) is 0 Å². The van der Waals surface area contributed by atoms with Gasteiger partial charge in [0.05, 0.1) is 4.60 Å². The zero-order chi connectivity index (χ0) is 7.68. The third-order valence-corrected chi connectivity index (χ3v) is 2.59. The summed E-state index contributed by atoms with van der Waals surface area (Å²) in [6.07, 6.45) is 4.63. The van der Waals surface area contributed by atoms with Crippen LogP contribution in [0.15, 0.2) is 16.9 Å². The van der Waals surface area contributed by atoms with Crippen LogP contribution in [-0.2, 0) is 0 Å². The van der Waals surface area contributed by atoms with E-state index in [1.807, 2.05) is 0 Å². The molecule has 2 heterocycles. The maximum atomic E-state index is 3.45. The van der Waals surface area contributed by atoms with Crippen LogP contribution in [0, 0.1) is 0 Å². The molecule has 2 N–H and O–H groups in total. The fourth-order valence-electron chi connectivity index (χ4n) is 1.55. The standard InChI is InChI=1S/C8H11BrN2/c9-8-4-6(5-11-8)7-2-1-3-10-7/h4-5,7,10-11H,1-3H2. The van der Waals surface area contributed by atoms with E-state index in [2.05, 4.69) is 38.5 Å². The highest BCUT2D eigenvalue weighted by Gasteiger charge is 2.16. The van der Waals surface area contributed by atoms with Crippen LogP contribution in [0.4, 0.5) is 0 Å². The van der Waals surface area contributed by atoms with Crippen LogP contribution in [0.2, 0.25) is 0 Å². The molecule has 1 aliphatic heterocycles. The third kappa shape index (κ3) is 1.49. The third-order valence-electron chi connectivity index (χ3n) is 2.13. The number of hydrogen-bond donors (Lipinski definition) is 2. The highest BCUT2D eigenvalue weighted by atomic mass is 79.9. The summed E-state index contributed by atoms with van der Waals surface area (Å²) in [7, 11) is 0. The average molecular weight is 215 g/mol. The van der Waals surface area contributed by atoms with Crippen LogP contribution in [0.5, 0.6) is 0 Å². The van der Waals surface area contributed by atoms with Gasteiger partial charge in [-0.25, -0.2) is 0 Å². The summed E-state index contributed by atoms with van der Waals surface area (Å²) in [4.78, 5) is 3.12. The molecule has 1 atom stereocenters. The molecule has 1 fully saturated rings. The SMILES string of the molecule is Brc1cc(C2CCCN2)c[nH]1. The molecule has 1 unspecified atom stereocenters. The van der Waals surface area contributed by atoms with Gasteiger partial charge in [-0.3, -0.25) is 0 Å². The van der Waals surface area contributed by atoms with Gasteiger partial charge in [0.1, 0.15) is 0 Å². The lowest BCUT2D eigenvalue weighted by Gasteiger charge is -2.05. The van der Waals surface area contributed by atoms with Crippen molar-refractivity contribution in [3.8, 4) is 0 Å². The van der Waals surface area contributed by atoms with Crippen LogP contribution in [0.25, 0.3) is 0 Å². The van der Waals surface area contributed by atoms with Crippen LogP contribution >= 0.6 is 15.9 Å². The maximum Gasteiger partial charge on any atom is 0.0823 e. The van der Waals surface area contributed by atoms with Crippen LogP contribution in [0.3, 0.4) is 0 Å². The monoisotopic (exact) mass is 214 g/mol. The van der Waals surface area contributed by atoms with Gasteiger partial charge in [0, 0.05) is 12.2 Å². The first-order chi connectivity index (χ1) is 5.36. The van der Waals surface area contributed by atoms with E-state index in [1.165, 1.54) is 18.4 Å². The summed E-state index contributed by atoms with van der Waals surface area (Å²) in [6.45, 7) is 1.16. The summed E-state index contributed by atoms with van der Waals surface area (Å²) in [5.41, 5.74) is 1.37. The molecule has 2 rings (SSSR count). The minimum absolute atomic E-state index is 0.581. The van der Waals surface area contributed by atoms with Crippen molar-refractivity contribution in [2.75, 3.05) is 6.54 Å². The molecule has 2 nitrogen and oxygen atoms in total. The number of nitrogens with one attached hydrogen (secondary N) is 2. The number of aromatic amines is 1. The molecule has 11 heavy (non-hydrogen) atoms. The first kappa shape index (κ1) is 7.37. The molecular weight excluding hydrogens is 204 g/mol. The van der Waals surface area contributed by atoms with Gasteiger partial charge in [0.15, 0.2) is 0 Å². The smallest absolute Gasteiger partial charge is 0.0823 e. The van der Waals surface area contributed by atoms with Crippen LogP contribution in [0.1, 0.15) is 24.4 Å². The largest absolute Gasteiger partial charge is 0.356 e. The van der Waals surface area contributed by atoms with Crippen molar-refractivity contribution >= 4 is 15.9 Å². The molecular formula is C8H11BrN2. The predicted octanol–water partition coefficient (Wildman–Crippen LogP) is 2.20. The van der Waals surface area contributed by atoms with Gasteiger partial charge in [0.25, 0.3) is 0 Å². The summed E-state index contributed by atoms with van der Waals surface area (Å²) in [6, 6.07) is 2.72. The Kier molecular flexibility index (Phi) is 2.00. The molecule has 1 aromatic heterocycles. The Hall–Kier alpha value is -0.280. The van der Waals surface area contributed by atoms with E-state index < -0.39 is 0 Å². The lowest BCUT2D eigenvalue weighted by molar-refractivity contribution is 0.648. The Balaban J connectivity index is 2.15. The summed E-state index contributed by atoms with van der Waals surface area (Å²) in [5, 5.41) is 3.45. The Morgan fingerprint density at radius 3 is 3.00 bits per heavy atom. The van der Waals surface area contributed by atoms with Crippen molar-refractivity contribution in [2.45, 2.75) is 18.9 Å². The second kappa shape index (κ2) is 2.99. The molecule has 0 aromatic carbocycles. The summed E-state index contributed by atoms with van der Waals surface area (Å²) < 4.78 is 1.07. The number of H-pyrrole nitrogens is 1. The van der Waals surface area contributed by atoms with E-state index in [-0.39, 0.29) is 0 Å². The quantitative estimate of drug-likeness (QED) is 0.738. The van der Waals surface area contributed by atoms with Gasteiger partial charge in [-0.1, -0.05) is 0 Å². The lowest BCUT2D eigenvalue weighted by Crippen LogP contribution is -2.11. The molecule has 0 radical (unpaired) electrons. The van der Waals surface area contributed by atoms with Gasteiger partial charge in [-0.05, 0) is 46.9 Å². The average Bonchev–Trinajstić information content (AvgIpc) is 2.55. The van der Waals surface area contributed by atoms with Crippen LogP contribution in [-0.4, -0.2) is 11.5 Å². The molecule has 1 aliphatic rings. The molecule has 0 saturated carbocycles.